The topological polar surface area (TPSA) is 29.5 Å². The maximum Gasteiger partial charge on any atom is 0.191 e. The molecule has 0 spiro atoms. The maximum atomic E-state index is 10.8. The molecule has 0 saturated carbocycles. The average Bonchev–Trinajstić information content (AvgIpc) is 2.63. The van der Waals surface area contributed by atoms with Gasteiger partial charge in [0.15, 0.2) is 8.32 Å². The Balaban J connectivity index is 1.73. The Morgan fingerprint density at radius 1 is 1.20 bits per heavy atom. The molecule has 0 amide bonds. The molecule has 0 aromatic rings. The minimum Gasteiger partial charge on any atom is -0.417 e. The molecule has 20 heavy (non-hydrogen) atoms. The molecule has 2 aliphatic rings. The van der Waals surface area contributed by atoms with Gasteiger partial charge in [0.05, 0.1) is 5.60 Å². The summed E-state index contributed by atoms with van der Waals surface area (Å²) in [6.45, 7) is 12.3. The molecular weight excluding hydrogens is 284 g/mol. The third-order valence-electron chi connectivity index (χ3n) is 5.47. The minimum absolute atomic E-state index is 0.282. The highest BCUT2D eigenvalue weighted by Crippen LogP contribution is 2.48. The Labute approximate surface area is 130 Å². The fraction of sp³-hybridized carbons (Fsp3) is 1.00. The van der Waals surface area contributed by atoms with Crippen LogP contribution in [0.15, 0.2) is 0 Å². The molecular formula is C16H32O2SSi. The van der Waals surface area contributed by atoms with E-state index in [-0.39, 0.29) is 5.04 Å². The first kappa shape index (κ1) is 16.9. The van der Waals surface area contributed by atoms with Gasteiger partial charge in [-0.05, 0) is 56.7 Å². The molecule has 2 bridgehead atoms. The van der Waals surface area contributed by atoms with E-state index in [9.17, 15) is 5.11 Å². The smallest absolute Gasteiger partial charge is 0.191 e. The van der Waals surface area contributed by atoms with E-state index in [1.807, 2.05) is 0 Å². The van der Waals surface area contributed by atoms with E-state index in [0.717, 1.165) is 42.8 Å². The van der Waals surface area contributed by atoms with E-state index in [1.54, 1.807) is 0 Å². The van der Waals surface area contributed by atoms with Gasteiger partial charge in [0.1, 0.15) is 0 Å². The summed E-state index contributed by atoms with van der Waals surface area (Å²) in [4.78, 5) is 0. The van der Waals surface area contributed by atoms with Crippen LogP contribution in [0.25, 0.3) is 0 Å². The fourth-order valence-corrected chi connectivity index (χ4v) is 6.15. The van der Waals surface area contributed by atoms with E-state index in [0.29, 0.717) is 0 Å². The van der Waals surface area contributed by atoms with Gasteiger partial charge in [0.2, 0.25) is 0 Å². The molecule has 118 valence electrons. The SMILES string of the molecule is CC(C)(C)[Si](C)(C)OCCCC1(O)CC2CCC(C1)S2. The molecule has 2 atom stereocenters. The van der Waals surface area contributed by atoms with Gasteiger partial charge >= 0.3 is 0 Å². The first-order valence-electron chi connectivity index (χ1n) is 8.13. The van der Waals surface area contributed by atoms with Crippen molar-refractivity contribution in [1.82, 2.24) is 0 Å². The molecule has 0 aromatic heterocycles. The van der Waals surface area contributed by atoms with E-state index in [4.69, 9.17) is 4.43 Å². The van der Waals surface area contributed by atoms with E-state index in [2.05, 4.69) is 45.6 Å². The second-order valence-corrected chi connectivity index (χ2v) is 14.7. The molecule has 2 nitrogen and oxygen atoms in total. The summed E-state index contributed by atoms with van der Waals surface area (Å²) in [5, 5.41) is 12.5. The number of hydrogen-bond acceptors (Lipinski definition) is 3. The van der Waals surface area contributed by atoms with Crippen LogP contribution in [0, 0.1) is 0 Å². The number of fused-ring (bicyclic) bond motifs is 2. The Kier molecular flexibility index (Phi) is 5.00. The summed E-state index contributed by atoms with van der Waals surface area (Å²) in [5.41, 5.74) is -0.395. The Morgan fingerprint density at radius 2 is 1.75 bits per heavy atom. The summed E-state index contributed by atoms with van der Waals surface area (Å²) in [6, 6.07) is 0. The third kappa shape index (κ3) is 4.02. The molecule has 2 saturated heterocycles. The minimum atomic E-state index is -1.62. The Bertz CT molecular complexity index is 326. The van der Waals surface area contributed by atoms with Gasteiger partial charge in [-0.1, -0.05) is 20.8 Å². The van der Waals surface area contributed by atoms with E-state index in [1.165, 1.54) is 12.8 Å². The fourth-order valence-electron chi connectivity index (χ4n) is 3.16. The van der Waals surface area contributed by atoms with Gasteiger partial charge in [-0.3, -0.25) is 0 Å². The number of thioether (sulfide) groups is 1. The summed E-state index contributed by atoms with van der Waals surface area (Å²) < 4.78 is 6.22. The van der Waals surface area contributed by atoms with Crippen LogP contribution in [0.2, 0.25) is 18.1 Å². The lowest BCUT2D eigenvalue weighted by Crippen LogP contribution is -2.41. The zero-order chi connectivity index (χ0) is 15.0. The largest absolute Gasteiger partial charge is 0.417 e. The highest BCUT2D eigenvalue weighted by atomic mass is 32.2. The van der Waals surface area contributed by atoms with Crippen LogP contribution in [-0.2, 0) is 4.43 Å². The van der Waals surface area contributed by atoms with Crippen LogP contribution in [0.1, 0.15) is 59.3 Å². The van der Waals surface area contributed by atoms with Crippen molar-refractivity contribution in [3.05, 3.63) is 0 Å². The average molecular weight is 317 g/mol. The van der Waals surface area contributed by atoms with Gasteiger partial charge in [-0.15, -0.1) is 0 Å². The number of rotatable bonds is 5. The van der Waals surface area contributed by atoms with Gasteiger partial charge in [0.25, 0.3) is 0 Å². The van der Waals surface area contributed by atoms with Crippen molar-refractivity contribution in [3.63, 3.8) is 0 Å². The maximum absolute atomic E-state index is 10.8. The zero-order valence-corrected chi connectivity index (χ0v) is 15.7. The molecule has 2 rings (SSSR count). The lowest BCUT2D eigenvalue weighted by molar-refractivity contribution is 0.0101. The lowest BCUT2D eigenvalue weighted by Gasteiger charge is -2.38. The van der Waals surface area contributed by atoms with Gasteiger partial charge in [-0.2, -0.15) is 11.8 Å². The van der Waals surface area contributed by atoms with Gasteiger partial charge in [-0.25, -0.2) is 0 Å². The van der Waals surface area contributed by atoms with Gasteiger partial charge < -0.3 is 9.53 Å². The normalized spacial score (nSPS) is 34.5. The predicted octanol–water partition coefficient (Wildman–Crippen LogP) is 4.58. The molecule has 1 N–H and O–H groups in total. The predicted molar refractivity (Wildman–Crippen MR) is 91.0 cm³/mol. The van der Waals surface area contributed by atoms with Crippen molar-refractivity contribution in [2.24, 2.45) is 0 Å². The highest BCUT2D eigenvalue weighted by Gasteiger charge is 2.43. The third-order valence-corrected chi connectivity index (χ3v) is 11.6. The highest BCUT2D eigenvalue weighted by molar-refractivity contribution is 8.00. The molecule has 2 fully saturated rings. The monoisotopic (exact) mass is 316 g/mol. The second kappa shape index (κ2) is 5.94. The Morgan fingerprint density at radius 3 is 2.25 bits per heavy atom. The molecule has 0 aliphatic carbocycles. The second-order valence-electron chi connectivity index (χ2n) is 8.30. The number of hydrogen-bond donors (Lipinski definition) is 1. The van der Waals surface area contributed by atoms with Crippen molar-refractivity contribution in [2.75, 3.05) is 6.61 Å². The molecule has 0 aromatic carbocycles. The summed E-state index contributed by atoms with van der Waals surface area (Å²) in [6.07, 6.45) is 6.58. The Hall–Kier alpha value is 0.487. The quantitative estimate of drug-likeness (QED) is 0.595. The van der Waals surface area contributed by atoms with Crippen LogP contribution in [0.4, 0.5) is 0 Å². The first-order valence-corrected chi connectivity index (χ1v) is 12.0. The van der Waals surface area contributed by atoms with E-state index < -0.39 is 13.9 Å². The van der Waals surface area contributed by atoms with Crippen LogP contribution in [-0.4, -0.2) is 36.1 Å². The summed E-state index contributed by atoms with van der Waals surface area (Å²) >= 11 is 2.12. The van der Waals surface area contributed by atoms with Crippen molar-refractivity contribution in [2.45, 2.75) is 93.5 Å². The van der Waals surface area contributed by atoms with E-state index >= 15 is 0 Å². The standard InChI is InChI=1S/C16H32O2SSi/c1-15(2,3)20(4,5)18-10-6-9-16(17)11-13-7-8-14(12-16)19-13/h13-14,17H,6-12H2,1-5H3. The molecule has 2 heterocycles. The van der Waals surface area contributed by atoms with Crippen LogP contribution in [0.3, 0.4) is 0 Å². The van der Waals surface area contributed by atoms with Crippen molar-refractivity contribution >= 4 is 20.1 Å². The van der Waals surface area contributed by atoms with Crippen molar-refractivity contribution in [1.29, 1.82) is 0 Å². The summed E-state index contributed by atoms with van der Waals surface area (Å²) in [7, 11) is -1.62. The summed E-state index contributed by atoms with van der Waals surface area (Å²) in [5.74, 6) is 0. The first-order chi connectivity index (χ1) is 9.11. The molecule has 0 radical (unpaired) electrons. The molecule has 2 aliphatic heterocycles. The lowest BCUT2D eigenvalue weighted by atomic mass is 9.89. The van der Waals surface area contributed by atoms with Crippen LogP contribution in [0.5, 0.6) is 0 Å². The van der Waals surface area contributed by atoms with Crippen molar-refractivity contribution in [3.8, 4) is 0 Å². The zero-order valence-electron chi connectivity index (χ0n) is 13.9. The van der Waals surface area contributed by atoms with Crippen molar-refractivity contribution < 1.29 is 9.53 Å². The molecule has 2 unspecified atom stereocenters. The van der Waals surface area contributed by atoms with Crippen LogP contribution < -0.4 is 0 Å². The number of aliphatic hydroxyl groups is 1. The van der Waals surface area contributed by atoms with Gasteiger partial charge in [0, 0.05) is 17.1 Å². The molecule has 4 heteroatoms. The van der Waals surface area contributed by atoms with Crippen LogP contribution >= 0.6 is 11.8 Å².